The van der Waals surface area contributed by atoms with Crippen LogP contribution in [0.15, 0.2) is 0 Å². The minimum Gasteiger partial charge on any atom is -0.346 e. The Bertz CT molecular complexity index is 325. The number of rotatable bonds is 2. The maximum absolute atomic E-state index is 5.99. The second kappa shape index (κ2) is 4.45. The van der Waals surface area contributed by atoms with Crippen molar-refractivity contribution in [1.82, 2.24) is 9.36 Å². The van der Waals surface area contributed by atoms with Crippen LogP contribution >= 0.6 is 11.5 Å². The molecule has 0 amide bonds. The zero-order valence-electron chi connectivity index (χ0n) is 9.31. The van der Waals surface area contributed by atoms with E-state index in [2.05, 4.69) is 28.1 Å². The lowest BCUT2D eigenvalue weighted by Gasteiger charge is -2.34. The largest absolute Gasteiger partial charge is 0.346 e. The van der Waals surface area contributed by atoms with E-state index in [1.807, 2.05) is 0 Å². The van der Waals surface area contributed by atoms with Crippen LogP contribution in [0, 0.1) is 5.92 Å². The van der Waals surface area contributed by atoms with E-state index in [4.69, 9.17) is 5.73 Å². The third kappa shape index (κ3) is 2.29. The fourth-order valence-electron chi connectivity index (χ4n) is 1.85. The van der Waals surface area contributed by atoms with E-state index in [0.29, 0.717) is 12.0 Å². The first-order valence-corrected chi connectivity index (χ1v) is 6.31. The van der Waals surface area contributed by atoms with Gasteiger partial charge in [0, 0.05) is 37.1 Å². The van der Waals surface area contributed by atoms with Crippen LogP contribution < -0.4 is 10.6 Å². The van der Waals surface area contributed by atoms with Crippen molar-refractivity contribution in [2.24, 2.45) is 11.7 Å². The van der Waals surface area contributed by atoms with Crippen molar-refractivity contribution in [2.45, 2.75) is 32.7 Å². The highest BCUT2D eigenvalue weighted by atomic mass is 32.1. The van der Waals surface area contributed by atoms with Crippen LogP contribution in [0.4, 0.5) is 5.13 Å². The summed E-state index contributed by atoms with van der Waals surface area (Å²) in [5, 5.41) is 1.06. The Labute approximate surface area is 94.7 Å². The molecule has 0 spiro atoms. The van der Waals surface area contributed by atoms with Crippen molar-refractivity contribution >= 4 is 16.7 Å². The molecule has 2 atom stereocenters. The summed E-state index contributed by atoms with van der Waals surface area (Å²) in [6.45, 7) is 6.32. The predicted molar refractivity (Wildman–Crippen MR) is 63.3 cm³/mol. The highest BCUT2D eigenvalue weighted by molar-refractivity contribution is 7.09. The summed E-state index contributed by atoms with van der Waals surface area (Å²) >= 11 is 1.51. The van der Waals surface area contributed by atoms with Gasteiger partial charge in [0.1, 0.15) is 5.82 Å². The molecule has 5 heteroatoms. The van der Waals surface area contributed by atoms with Gasteiger partial charge in [-0.05, 0) is 12.3 Å². The fourth-order valence-corrected chi connectivity index (χ4v) is 2.64. The van der Waals surface area contributed by atoms with Gasteiger partial charge in [0.15, 0.2) is 0 Å². The quantitative estimate of drug-likeness (QED) is 0.825. The molecule has 2 heterocycles. The van der Waals surface area contributed by atoms with Gasteiger partial charge in [0.2, 0.25) is 5.13 Å². The van der Waals surface area contributed by atoms with Gasteiger partial charge >= 0.3 is 0 Å². The average Bonchev–Trinajstić information content (AvgIpc) is 2.70. The Morgan fingerprint density at radius 2 is 2.40 bits per heavy atom. The Morgan fingerprint density at radius 3 is 3.00 bits per heavy atom. The number of aromatic nitrogens is 2. The van der Waals surface area contributed by atoms with E-state index >= 15 is 0 Å². The van der Waals surface area contributed by atoms with E-state index in [9.17, 15) is 0 Å². The van der Waals surface area contributed by atoms with Crippen LogP contribution in [0.25, 0.3) is 0 Å². The number of hydrogen-bond donors (Lipinski definition) is 1. The van der Waals surface area contributed by atoms with Crippen molar-refractivity contribution < 1.29 is 0 Å². The molecular weight excluding hydrogens is 208 g/mol. The van der Waals surface area contributed by atoms with Gasteiger partial charge in [-0.25, -0.2) is 4.98 Å². The Balaban J connectivity index is 2.05. The van der Waals surface area contributed by atoms with E-state index in [0.717, 1.165) is 36.9 Å². The molecule has 0 radical (unpaired) electrons. The van der Waals surface area contributed by atoms with Crippen LogP contribution in [0.1, 0.15) is 26.1 Å². The summed E-state index contributed by atoms with van der Waals surface area (Å²) in [5.74, 6) is 1.50. The van der Waals surface area contributed by atoms with Crippen LogP contribution in [-0.4, -0.2) is 28.5 Å². The minimum atomic E-state index is 0.347. The summed E-state index contributed by atoms with van der Waals surface area (Å²) in [4.78, 5) is 6.81. The summed E-state index contributed by atoms with van der Waals surface area (Å²) in [7, 11) is 0. The molecule has 1 aromatic rings. The maximum atomic E-state index is 5.99. The van der Waals surface area contributed by atoms with Gasteiger partial charge in [-0.2, -0.15) is 4.37 Å². The van der Waals surface area contributed by atoms with Gasteiger partial charge in [0.25, 0.3) is 0 Å². The van der Waals surface area contributed by atoms with Crippen molar-refractivity contribution in [3.63, 3.8) is 0 Å². The first-order chi connectivity index (χ1) is 7.20. The third-order valence-electron chi connectivity index (χ3n) is 3.02. The SMILES string of the molecule is CCc1nsc(N2CCC(N)C(C)C2)n1. The lowest BCUT2D eigenvalue weighted by molar-refractivity contribution is 0.382. The smallest absolute Gasteiger partial charge is 0.205 e. The summed E-state index contributed by atoms with van der Waals surface area (Å²) in [6, 6.07) is 0.347. The Kier molecular flexibility index (Phi) is 3.21. The standard InChI is InChI=1S/C10H18N4S/c1-3-9-12-10(15-13-9)14-5-4-8(11)7(2)6-14/h7-8H,3-6,11H2,1-2H3. The lowest BCUT2D eigenvalue weighted by Crippen LogP contribution is -2.45. The maximum Gasteiger partial charge on any atom is 0.205 e. The fraction of sp³-hybridized carbons (Fsp3) is 0.800. The average molecular weight is 226 g/mol. The highest BCUT2D eigenvalue weighted by Crippen LogP contribution is 2.23. The van der Waals surface area contributed by atoms with Gasteiger partial charge in [-0.3, -0.25) is 0 Å². The van der Waals surface area contributed by atoms with Crippen molar-refractivity contribution in [3.8, 4) is 0 Å². The molecule has 4 nitrogen and oxygen atoms in total. The number of piperidine rings is 1. The molecule has 0 aliphatic carbocycles. The van der Waals surface area contributed by atoms with Crippen molar-refractivity contribution in [1.29, 1.82) is 0 Å². The molecule has 2 N–H and O–H groups in total. The number of hydrogen-bond acceptors (Lipinski definition) is 5. The molecule has 0 saturated carbocycles. The van der Waals surface area contributed by atoms with Gasteiger partial charge in [-0.1, -0.05) is 13.8 Å². The van der Waals surface area contributed by atoms with Gasteiger partial charge in [0.05, 0.1) is 0 Å². The van der Waals surface area contributed by atoms with E-state index in [1.165, 1.54) is 11.5 Å². The Morgan fingerprint density at radius 1 is 1.60 bits per heavy atom. The molecule has 2 rings (SSSR count). The number of anilines is 1. The predicted octanol–water partition coefficient (Wildman–Crippen LogP) is 1.27. The zero-order valence-corrected chi connectivity index (χ0v) is 10.1. The second-order valence-electron chi connectivity index (χ2n) is 4.22. The van der Waals surface area contributed by atoms with Crippen LogP contribution in [0.3, 0.4) is 0 Å². The van der Waals surface area contributed by atoms with Crippen LogP contribution in [0.2, 0.25) is 0 Å². The number of nitrogens with zero attached hydrogens (tertiary/aromatic N) is 3. The van der Waals surface area contributed by atoms with E-state index in [-0.39, 0.29) is 0 Å². The van der Waals surface area contributed by atoms with Crippen LogP contribution in [0.5, 0.6) is 0 Å². The Hall–Kier alpha value is -0.680. The topological polar surface area (TPSA) is 55.0 Å². The summed E-state index contributed by atoms with van der Waals surface area (Å²) in [5.41, 5.74) is 5.99. The molecule has 1 fully saturated rings. The third-order valence-corrected chi connectivity index (χ3v) is 3.83. The molecule has 1 aliphatic heterocycles. The molecule has 1 aliphatic rings. The lowest BCUT2D eigenvalue weighted by atomic mass is 9.95. The first-order valence-electron chi connectivity index (χ1n) is 5.53. The summed E-state index contributed by atoms with van der Waals surface area (Å²) in [6.07, 6.45) is 1.97. The van der Waals surface area contributed by atoms with Crippen LogP contribution in [-0.2, 0) is 6.42 Å². The molecular formula is C10H18N4S. The minimum absolute atomic E-state index is 0.347. The molecule has 0 bridgehead atoms. The molecule has 15 heavy (non-hydrogen) atoms. The number of nitrogens with two attached hydrogens (primary N) is 1. The highest BCUT2D eigenvalue weighted by Gasteiger charge is 2.24. The van der Waals surface area contributed by atoms with Gasteiger partial charge in [-0.15, -0.1) is 0 Å². The van der Waals surface area contributed by atoms with E-state index < -0.39 is 0 Å². The second-order valence-corrected chi connectivity index (χ2v) is 4.95. The normalized spacial score (nSPS) is 27.0. The van der Waals surface area contributed by atoms with E-state index in [1.54, 1.807) is 0 Å². The van der Waals surface area contributed by atoms with Crippen molar-refractivity contribution in [2.75, 3.05) is 18.0 Å². The van der Waals surface area contributed by atoms with Crippen molar-refractivity contribution in [3.05, 3.63) is 5.82 Å². The first kappa shape index (κ1) is 10.8. The molecule has 1 saturated heterocycles. The molecule has 1 aromatic heterocycles. The zero-order chi connectivity index (χ0) is 10.8. The molecule has 0 aromatic carbocycles. The van der Waals surface area contributed by atoms with Gasteiger partial charge < -0.3 is 10.6 Å². The summed E-state index contributed by atoms with van der Waals surface area (Å²) < 4.78 is 4.31. The molecule has 84 valence electrons. The monoisotopic (exact) mass is 226 g/mol. The number of aryl methyl sites for hydroxylation is 1. The molecule has 2 unspecified atom stereocenters.